The Labute approximate surface area is 164 Å². The van der Waals surface area contributed by atoms with Crippen molar-refractivity contribution < 1.29 is 9.47 Å². The van der Waals surface area contributed by atoms with Crippen molar-refractivity contribution in [3.63, 3.8) is 0 Å². The third-order valence-electron chi connectivity index (χ3n) is 4.76. The van der Waals surface area contributed by atoms with Crippen LogP contribution in [0, 0.1) is 0 Å². The summed E-state index contributed by atoms with van der Waals surface area (Å²) in [4.78, 5) is 4.26. The number of hydrogen-bond donors (Lipinski definition) is 2. The summed E-state index contributed by atoms with van der Waals surface area (Å²) >= 11 is 0. The highest BCUT2D eigenvalue weighted by molar-refractivity contribution is 14.0. The van der Waals surface area contributed by atoms with Gasteiger partial charge in [0, 0.05) is 33.4 Å². The van der Waals surface area contributed by atoms with Crippen molar-refractivity contribution in [3.05, 3.63) is 0 Å². The maximum atomic E-state index is 6.02. The third kappa shape index (κ3) is 9.42. The molecule has 1 saturated carbocycles. The van der Waals surface area contributed by atoms with Gasteiger partial charge in [0.05, 0.1) is 12.2 Å². The minimum Gasteiger partial charge on any atom is -0.378 e. The Balaban J connectivity index is 0.00000288. The van der Waals surface area contributed by atoms with E-state index in [9.17, 15) is 0 Å². The first-order chi connectivity index (χ1) is 11.4. The molecule has 0 aromatic carbocycles. The lowest BCUT2D eigenvalue weighted by Gasteiger charge is -2.16. The minimum atomic E-state index is 0. The van der Waals surface area contributed by atoms with E-state index in [-0.39, 0.29) is 24.0 Å². The summed E-state index contributed by atoms with van der Waals surface area (Å²) in [5.41, 5.74) is 0. The first-order valence-corrected chi connectivity index (χ1v) is 9.56. The van der Waals surface area contributed by atoms with E-state index in [4.69, 9.17) is 9.47 Å². The summed E-state index contributed by atoms with van der Waals surface area (Å²) < 4.78 is 11.6. The number of nitrogens with one attached hydrogen (secondary N) is 2. The molecule has 1 atom stereocenters. The number of rotatable bonds is 8. The Hall–Kier alpha value is -0.0800. The number of hydrogen-bond acceptors (Lipinski definition) is 3. The molecule has 1 aliphatic carbocycles. The smallest absolute Gasteiger partial charge is 0.191 e. The van der Waals surface area contributed by atoms with Crippen molar-refractivity contribution in [3.8, 4) is 0 Å². The van der Waals surface area contributed by atoms with E-state index in [0.717, 1.165) is 51.5 Å². The number of nitrogens with zero attached hydrogens (tertiary/aromatic N) is 1. The molecule has 2 fully saturated rings. The number of halogens is 1. The maximum absolute atomic E-state index is 6.02. The molecule has 0 aromatic heterocycles. The van der Waals surface area contributed by atoms with Crippen molar-refractivity contribution in [1.29, 1.82) is 0 Å². The largest absolute Gasteiger partial charge is 0.378 e. The SMILES string of the molecule is CN=C(NCCCCOC1CCCCCC1)NCC1CCCO1.I. The Morgan fingerprint density at radius 3 is 2.50 bits per heavy atom. The monoisotopic (exact) mass is 453 g/mol. The molecular weight excluding hydrogens is 417 g/mol. The zero-order valence-electron chi connectivity index (χ0n) is 15.2. The second kappa shape index (κ2) is 14.1. The average molecular weight is 453 g/mol. The van der Waals surface area contributed by atoms with E-state index >= 15 is 0 Å². The zero-order valence-corrected chi connectivity index (χ0v) is 17.6. The molecule has 0 spiro atoms. The number of unbranched alkanes of at least 4 members (excludes halogenated alkanes) is 1. The van der Waals surface area contributed by atoms with Gasteiger partial charge in [-0.1, -0.05) is 25.7 Å². The van der Waals surface area contributed by atoms with Crippen LogP contribution in [0.15, 0.2) is 4.99 Å². The van der Waals surface area contributed by atoms with E-state index in [0.29, 0.717) is 12.2 Å². The normalized spacial score (nSPS) is 22.7. The molecule has 0 bridgehead atoms. The van der Waals surface area contributed by atoms with Crippen LogP contribution in [0.2, 0.25) is 0 Å². The molecule has 6 heteroatoms. The van der Waals surface area contributed by atoms with E-state index in [1.807, 2.05) is 7.05 Å². The topological polar surface area (TPSA) is 54.9 Å². The van der Waals surface area contributed by atoms with Crippen molar-refractivity contribution >= 4 is 29.9 Å². The summed E-state index contributed by atoms with van der Waals surface area (Å²) in [6.45, 7) is 3.59. The third-order valence-corrected chi connectivity index (χ3v) is 4.76. The lowest BCUT2D eigenvalue weighted by molar-refractivity contribution is 0.0411. The van der Waals surface area contributed by atoms with Crippen LogP contribution < -0.4 is 10.6 Å². The van der Waals surface area contributed by atoms with Gasteiger partial charge in [-0.3, -0.25) is 4.99 Å². The fraction of sp³-hybridized carbons (Fsp3) is 0.944. The molecule has 0 radical (unpaired) electrons. The van der Waals surface area contributed by atoms with Crippen LogP contribution in [0.3, 0.4) is 0 Å². The number of guanidine groups is 1. The highest BCUT2D eigenvalue weighted by Crippen LogP contribution is 2.19. The molecule has 2 rings (SSSR count). The van der Waals surface area contributed by atoms with Gasteiger partial charge in [0.25, 0.3) is 0 Å². The van der Waals surface area contributed by atoms with Gasteiger partial charge < -0.3 is 20.1 Å². The fourth-order valence-electron chi connectivity index (χ4n) is 3.33. The highest BCUT2D eigenvalue weighted by Gasteiger charge is 2.15. The Morgan fingerprint density at radius 2 is 1.83 bits per heavy atom. The molecular formula is C18H36IN3O2. The maximum Gasteiger partial charge on any atom is 0.191 e. The molecule has 1 saturated heterocycles. The van der Waals surface area contributed by atoms with Crippen molar-refractivity contribution in [2.45, 2.75) is 76.4 Å². The summed E-state index contributed by atoms with van der Waals surface area (Å²) in [6.07, 6.45) is 13.4. The predicted octanol–water partition coefficient (Wildman–Crippen LogP) is 3.47. The average Bonchev–Trinajstić information content (AvgIpc) is 2.96. The van der Waals surface area contributed by atoms with Crippen LogP contribution in [0.4, 0.5) is 0 Å². The van der Waals surface area contributed by atoms with Gasteiger partial charge in [-0.2, -0.15) is 0 Å². The van der Waals surface area contributed by atoms with Crippen LogP contribution in [0.1, 0.15) is 64.2 Å². The standard InChI is InChI=1S/C18H35N3O2.HI/c1-19-18(21-15-17-11-8-14-23-17)20-12-6-7-13-22-16-9-4-2-3-5-10-16;/h16-17H,2-15H2,1H3,(H2,19,20,21);1H. The van der Waals surface area contributed by atoms with Crippen LogP contribution in [0.25, 0.3) is 0 Å². The summed E-state index contributed by atoms with van der Waals surface area (Å²) in [5.74, 6) is 0.880. The zero-order chi connectivity index (χ0) is 16.2. The van der Waals surface area contributed by atoms with E-state index < -0.39 is 0 Å². The first-order valence-electron chi connectivity index (χ1n) is 9.56. The second-order valence-electron chi connectivity index (χ2n) is 6.71. The molecule has 0 aromatic rings. The van der Waals surface area contributed by atoms with Gasteiger partial charge in [0.2, 0.25) is 0 Å². The first kappa shape index (κ1) is 22.0. The number of ether oxygens (including phenoxy) is 2. The van der Waals surface area contributed by atoms with Gasteiger partial charge in [0.15, 0.2) is 5.96 Å². The van der Waals surface area contributed by atoms with E-state index in [1.165, 1.54) is 44.9 Å². The molecule has 1 heterocycles. The Morgan fingerprint density at radius 1 is 1.04 bits per heavy atom. The van der Waals surface area contributed by atoms with Gasteiger partial charge in [-0.25, -0.2) is 0 Å². The molecule has 1 aliphatic heterocycles. The minimum absolute atomic E-state index is 0. The molecule has 1 unspecified atom stereocenters. The molecule has 2 aliphatic rings. The Bertz CT molecular complexity index is 328. The predicted molar refractivity (Wildman–Crippen MR) is 110 cm³/mol. The van der Waals surface area contributed by atoms with Gasteiger partial charge in [-0.05, 0) is 38.5 Å². The molecule has 5 nitrogen and oxygen atoms in total. The van der Waals surface area contributed by atoms with Gasteiger partial charge >= 0.3 is 0 Å². The van der Waals surface area contributed by atoms with Gasteiger partial charge in [-0.15, -0.1) is 24.0 Å². The van der Waals surface area contributed by atoms with Crippen LogP contribution in [0.5, 0.6) is 0 Å². The van der Waals surface area contributed by atoms with Crippen molar-refractivity contribution in [2.75, 3.05) is 33.4 Å². The fourth-order valence-corrected chi connectivity index (χ4v) is 3.33. The quantitative estimate of drug-likeness (QED) is 0.194. The summed E-state index contributed by atoms with van der Waals surface area (Å²) in [5, 5.41) is 6.71. The summed E-state index contributed by atoms with van der Waals surface area (Å²) in [6, 6.07) is 0. The van der Waals surface area contributed by atoms with E-state index in [2.05, 4.69) is 15.6 Å². The number of aliphatic imine (C=N–C) groups is 1. The molecule has 2 N–H and O–H groups in total. The van der Waals surface area contributed by atoms with Crippen LogP contribution >= 0.6 is 24.0 Å². The Kier molecular flexibility index (Phi) is 12.9. The van der Waals surface area contributed by atoms with Crippen LogP contribution in [-0.4, -0.2) is 51.5 Å². The molecule has 24 heavy (non-hydrogen) atoms. The van der Waals surface area contributed by atoms with Gasteiger partial charge in [0.1, 0.15) is 0 Å². The lowest BCUT2D eigenvalue weighted by atomic mass is 10.1. The van der Waals surface area contributed by atoms with E-state index in [1.54, 1.807) is 0 Å². The van der Waals surface area contributed by atoms with Crippen molar-refractivity contribution in [2.24, 2.45) is 4.99 Å². The lowest BCUT2D eigenvalue weighted by Crippen LogP contribution is -2.41. The molecule has 0 amide bonds. The van der Waals surface area contributed by atoms with Crippen LogP contribution in [-0.2, 0) is 9.47 Å². The molecule has 142 valence electrons. The highest BCUT2D eigenvalue weighted by atomic mass is 127. The second-order valence-corrected chi connectivity index (χ2v) is 6.71. The summed E-state index contributed by atoms with van der Waals surface area (Å²) in [7, 11) is 1.82. The van der Waals surface area contributed by atoms with Crippen molar-refractivity contribution in [1.82, 2.24) is 10.6 Å².